The van der Waals surface area contributed by atoms with Crippen molar-refractivity contribution >= 4 is 34.8 Å². The molecule has 1 aliphatic heterocycles. The maximum absolute atomic E-state index is 12.4. The number of ether oxygens (including phenoxy) is 2. The van der Waals surface area contributed by atoms with Crippen molar-refractivity contribution < 1.29 is 14.3 Å². The van der Waals surface area contributed by atoms with Gasteiger partial charge in [0, 0.05) is 22.2 Å². The summed E-state index contributed by atoms with van der Waals surface area (Å²) in [5, 5.41) is 3.66. The van der Waals surface area contributed by atoms with E-state index in [2.05, 4.69) is 5.32 Å². The minimum Gasteiger partial charge on any atom is -0.489 e. The lowest BCUT2D eigenvalue weighted by Gasteiger charge is -2.15. The van der Waals surface area contributed by atoms with E-state index >= 15 is 0 Å². The zero-order valence-corrected chi connectivity index (χ0v) is 14.4. The van der Waals surface area contributed by atoms with Crippen LogP contribution in [0.5, 0.6) is 5.75 Å². The van der Waals surface area contributed by atoms with E-state index in [9.17, 15) is 4.79 Å². The summed E-state index contributed by atoms with van der Waals surface area (Å²) in [4.78, 5) is 12.4. The molecule has 0 aromatic heterocycles. The van der Waals surface area contributed by atoms with E-state index in [1.54, 1.807) is 24.3 Å². The van der Waals surface area contributed by atoms with Gasteiger partial charge in [0.2, 0.25) is 0 Å². The van der Waals surface area contributed by atoms with Crippen LogP contribution < -0.4 is 10.1 Å². The molecular formula is C18H17Cl2NO3. The van der Waals surface area contributed by atoms with Crippen LogP contribution in [0.15, 0.2) is 42.5 Å². The van der Waals surface area contributed by atoms with Crippen LogP contribution in [0.1, 0.15) is 23.2 Å². The van der Waals surface area contributed by atoms with E-state index in [0.717, 1.165) is 19.4 Å². The van der Waals surface area contributed by atoms with Crippen molar-refractivity contribution in [3.8, 4) is 5.75 Å². The van der Waals surface area contributed by atoms with Crippen molar-refractivity contribution in [1.29, 1.82) is 0 Å². The van der Waals surface area contributed by atoms with Crippen LogP contribution in [0.25, 0.3) is 0 Å². The Morgan fingerprint density at radius 3 is 2.67 bits per heavy atom. The molecule has 6 heteroatoms. The van der Waals surface area contributed by atoms with Crippen LogP contribution in [-0.2, 0) is 4.74 Å². The fourth-order valence-corrected chi connectivity index (χ4v) is 3.06. The first kappa shape index (κ1) is 17.1. The van der Waals surface area contributed by atoms with Crippen molar-refractivity contribution in [2.75, 3.05) is 18.5 Å². The molecule has 0 bridgehead atoms. The Bertz CT molecular complexity index is 710. The summed E-state index contributed by atoms with van der Waals surface area (Å²) in [5.41, 5.74) is 0.984. The summed E-state index contributed by atoms with van der Waals surface area (Å²) in [6.45, 7) is 1.25. The number of para-hydroxylation sites is 2. The van der Waals surface area contributed by atoms with Crippen molar-refractivity contribution in [2.24, 2.45) is 0 Å². The van der Waals surface area contributed by atoms with E-state index < -0.39 is 0 Å². The fourth-order valence-electron chi connectivity index (χ4n) is 2.53. The van der Waals surface area contributed by atoms with Gasteiger partial charge in [-0.15, -0.1) is 0 Å². The Morgan fingerprint density at radius 2 is 1.96 bits per heavy atom. The fraction of sp³-hybridized carbons (Fsp3) is 0.278. The average Bonchev–Trinajstić information content (AvgIpc) is 3.06. The number of carbonyl (C=O) groups is 1. The van der Waals surface area contributed by atoms with Crippen LogP contribution in [-0.4, -0.2) is 25.2 Å². The van der Waals surface area contributed by atoms with Gasteiger partial charge in [0.25, 0.3) is 5.91 Å². The van der Waals surface area contributed by atoms with Gasteiger partial charge in [-0.3, -0.25) is 4.79 Å². The zero-order valence-electron chi connectivity index (χ0n) is 12.9. The van der Waals surface area contributed by atoms with Gasteiger partial charge in [-0.2, -0.15) is 0 Å². The Balaban J connectivity index is 1.70. The van der Waals surface area contributed by atoms with Crippen LogP contribution in [0.4, 0.5) is 5.69 Å². The molecule has 2 aromatic carbocycles. The number of nitrogens with one attached hydrogen (secondary N) is 1. The maximum atomic E-state index is 12.4. The van der Waals surface area contributed by atoms with E-state index in [1.807, 2.05) is 18.2 Å². The smallest absolute Gasteiger partial charge is 0.255 e. The van der Waals surface area contributed by atoms with Gasteiger partial charge in [-0.1, -0.05) is 35.3 Å². The molecule has 1 atom stereocenters. The van der Waals surface area contributed by atoms with Crippen molar-refractivity contribution in [1.82, 2.24) is 0 Å². The molecule has 1 amide bonds. The molecule has 1 N–H and O–H groups in total. The van der Waals surface area contributed by atoms with E-state index in [0.29, 0.717) is 33.7 Å². The third-order valence-electron chi connectivity index (χ3n) is 3.71. The monoisotopic (exact) mass is 365 g/mol. The maximum Gasteiger partial charge on any atom is 0.255 e. The molecule has 1 saturated heterocycles. The summed E-state index contributed by atoms with van der Waals surface area (Å²) in [5.74, 6) is 0.307. The van der Waals surface area contributed by atoms with Gasteiger partial charge < -0.3 is 14.8 Å². The minimum absolute atomic E-state index is 0.112. The van der Waals surface area contributed by atoms with Gasteiger partial charge in [0.15, 0.2) is 0 Å². The lowest BCUT2D eigenvalue weighted by atomic mass is 10.2. The third kappa shape index (κ3) is 4.41. The Morgan fingerprint density at radius 1 is 1.21 bits per heavy atom. The predicted molar refractivity (Wildman–Crippen MR) is 95.3 cm³/mol. The van der Waals surface area contributed by atoms with Crippen LogP contribution in [0.3, 0.4) is 0 Å². The molecule has 0 saturated carbocycles. The highest BCUT2D eigenvalue weighted by Gasteiger charge is 2.17. The van der Waals surface area contributed by atoms with E-state index in [1.165, 1.54) is 0 Å². The second-order valence-electron chi connectivity index (χ2n) is 5.55. The molecule has 1 fully saturated rings. The number of carbonyl (C=O) groups excluding carboxylic acids is 1. The number of benzene rings is 2. The van der Waals surface area contributed by atoms with E-state index in [4.69, 9.17) is 32.7 Å². The quantitative estimate of drug-likeness (QED) is 0.827. The first-order valence-electron chi connectivity index (χ1n) is 7.73. The molecule has 0 unspecified atom stereocenters. The minimum atomic E-state index is -0.299. The first-order valence-corrected chi connectivity index (χ1v) is 8.48. The molecule has 1 heterocycles. The van der Waals surface area contributed by atoms with Gasteiger partial charge in [0.05, 0.1) is 11.8 Å². The van der Waals surface area contributed by atoms with Gasteiger partial charge in [-0.25, -0.2) is 0 Å². The summed E-state index contributed by atoms with van der Waals surface area (Å²) < 4.78 is 11.4. The molecule has 3 rings (SSSR count). The van der Waals surface area contributed by atoms with Gasteiger partial charge in [0.1, 0.15) is 12.4 Å². The number of hydrogen-bond acceptors (Lipinski definition) is 3. The molecule has 24 heavy (non-hydrogen) atoms. The second-order valence-corrected chi connectivity index (χ2v) is 6.43. The van der Waals surface area contributed by atoms with Crippen LogP contribution >= 0.6 is 23.2 Å². The standard InChI is InChI=1S/C18H17Cl2NO3/c19-13-8-12(9-14(20)10-13)18(22)21-16-5-1-2-6-17(16)24-11-15-4-3-7-23-15/h1-2,5-6,8-10,15H,3-4,7,11H2,(H,21,22)/t15-/m1/s1. The molecule has 126 valence electrons. The molecule has 1 aliphatic rings. The van der Waals surface area contributed by atoms with Crippen LogP contribution in [0, 0.1) is 0 Å². The number of rotatable bonds is 5. The Hall–Kier alpha value is -1.75. The molecule has 0 radical (unpaired) electrons. The lowest BCUT2D eigenvalue weighted by molar-refractivity contribution is 0.0682. The van der Waals surface area contributed by atoms with E-state index in [-0.39, 0.29) is 12.0 Å². The summed E-state index contributed by atoms with van der Waals surface area (Å²) >= 11 is 11.9. The van der Waals surface area contributed by atoms with Gasteiger partial charge >= 0.3 is 0 Å². The third-order valence-corrected chi connectivity index (χ3v) is 4.15. The topological polar surface area (TPSA) is 47.6 Å². The highest BCUT2D eigenvalue weighted by atomic mass is 35.5. The molecule has 0 aliphatic carbocycles. The summed E-state index contributed by atoms with van der Waals surface area (Å²) in [6, 6.07) is 12.0. The molecule has 0 spiro atoms. The molecule has 4 nitrogen and oxygen atoms in total. The Labute approximate surface area is 150 Å². The lowest BCUT2D eigenvalue weighted by Crippen LogP contribution is -2.18. The summed E-state index contributed by atoms with van der Waals surface area (Å²) in [6.07, 6.45) is 2.16. The highest BCUT2D eigenvalue weighted by molar-refractivity contribution is 6.35. The second kappa shape index (κ2) is 7.88. The summed E-state index contributed by atoms with van der Waals surface area (Å²) in [7, 11) is 0. The van der Waals surface area contributed by atoms with Crippen molar-refractivity contribution in [2.45, 2.75) is 18.9 Å². The SMILES string of the molecule is O=C(Nc1ccccc1OC[C@H]1CCCO1)c1cc(Cl)cc(Cl)c1. The molecular weight excluding hydrogens is 349 g/mol. The van der Waals surface area contributed by atoms with Crippen molar-refractivity contribution in [3.05, 3.63) is 58.1 Å². The Kier molecular flexibility index (Phi) is 5.61. The first-order chi connectivity index (χ1) is 11.6. The normalized spacial score (nSPS) is 16.8. The number of halogens is 2. The van der Waals surface area contributed by atoms with Gasteiger partial charge in [-0.05, 0) is 43.2 Å². The number of anilines is 1. The predicted octanol–water partition coefficient (Wildman–Crippen LogP) is 4.80. The zero-order chi connectivity index (χ0) is 16.9. The number of hydrogen-bond donors (Lipinski definition) is 1. The largest absolute Gasteiger partial charge is 0.489 e. The van der Waals surface area contributed by atoms with Crippen LogP contribution in [0.2, 0.25) is 10.0 Å². The molecule has 2 aromatic rings. The average molecular weight is 366 g/mol. The highest BCUT2D eigenvalue weighted by Crippen LogP contribution is 2.26. The number of amides is 1. The van der Waals surface area contributed by atoms with Crippen molar-refractivity contribution in [3.63, 3.8) is 0 Å².